The van der Waals surface area contributed by atoms with Crippen LogP contribution < -0.4 is 10.6 Å². The summed E-state index contributed by atoms with van der Waals surface area (Å²) in [5.74, 6) is -1.89. The molecule has 0 bridgehead atoms. The molecule has 0 radical (unpaired) electrons. The summed E-state index contributed by atoms with van der Waals surface area (Å²) in [6.45, 7) is 3.42. The Balaban J connectivity index is 1.84. The molecule has 2 aliphatic rings. The van der Waals surface area contributed by atoms with E-state index in [1.54, 1.807) is 12.1 Å². The molecule has 4 amide bonds. The van der Waals surface area contributed by atoms with E-state index < -0.39 is 23.8 Å². The van der Waals surface area contributed by atoms with Crippen LogP contribution in [0.4, 0.5) is 0 Å². The molecule has 1 aromatic rings. The van der Waals surface area contributed by atoms with E-state index in [9.17, 15) is 19.2 Å². The van der Waals surface area contributed by atoms with Crippen molar-refractivity contribution in [2.45, 2.75) is 45.2 Å². The number of piperidine rings is 1. The standard InChI is InChI=1S/C18H21N3O4/c1-2-3-9-19-10-11-5-4-6-12-15(11)18(25)21(17(12)24)13-7-8-14(22)20-16(13)23/h4-6,13,19H,2-3,7-10H2,1H3,(H,20,22,23). The second kappa shape index (κ2) is 7.14. The van der Waals surface area contributed by atoms with Gasteiger partial charge in [0.15, 0.2) is 0 Å². The van der Waals surface area contributed by atoms with Crippen LogP contribution in [0, 0.1) is 0 Å². The van der Waals surface area contributed by atoms with E-state index in [4.69, 9.17) is 0 Å². The Hall–Kier alpha value is -2.54. The highest BCUT2D eigenvalue weighted by Gasteiger charge is 2.45. The zero-order chi connectivity index (χ0) is 18.0. The quantitative estimate of drug-likeness (QED) is 0.593. The number of amides is 4. The van der Waals surface area contributed by atoms with Gasteiger partial charge in [0.05, 0.1) is 11.1 Å². The Labute approximate surface area is 145 Å². The Bertz CT molecular complexity index is 744. The monoisotopic (exact) mass is 343 g/mol. The number of fused-ring (bicyclic) bond motifs is 1. The van der Waals surface area contributed by atoms with E-state index in [0.717, 1.165) is 29.8 Å². The van der Waals surface area contributed by atoms with Crippen molar-refractivity contribution in [2.75, 3.05) is 6.54 Å². The molecule has 7 heteroatoms. The zero-order valence-corrected chi connectivity index (χ0v) is 14.1. The van der Waals surface area contributed by atoms with Gasteiger partial charge in [-0.25, -0.2) is 0 Å². The highest BCUT2D eigenvalue weighted by molar-refractivity contribution is 6.24. The third-order valence-electron chi connectivity index (χ3n) is 4.58. The number of benzene rings is 1. The number of hydrogen-bond donors (Lipinski definition) is 2. The fourth-order valence-corrected chi connectivity index (χ4v) is 3.26. The van der Waals surface area contributed by atoms with E-state index in [1.807, 2.05) is 6.07 Å². The number of carbonyl (C=O) groups excluding carboxylic acids is 4. The van der Waals surface area contributed by atoms with Gasteiger partial charge < -0.3 is 5.32 Å². The first kappa shape index (κ1) is 17.3. The van der Waals surface area contributed by atoms with Gasteiger partial charge in [0.25, 0.3) is 11.8 Å². The fourth-order valence-electron chi connectivity index (χ4n) is 3.26. The van der Waals surface area contributed by atoms with Gasteiger partial charge in [0.2, 0.25) is 11.8 Å². The summed E-state index contributed by atoms with van der Waals surface area (Å²) in [6.07, 6.45) is 2.39. The minimum atomic E-state index is -0.925. The molecule has 1 atom stereocenters. The Kier molecular flexibility index (Phi) is 4.94. The fraction of sp³-hybridized carbons (Fsp3) is 0.444. The van der Waals surface area contributed by atoms with E-state index >= 15 is 0 Å². The third kappa shape index (κ3) is 3.19. The Morgan fingerprint density at radius 1 is 1.20 bits per heavy atom. The van der Waals surface area contributed by atoms with Crippen LogP contribution in [0.5, 0.6) is 0 Å². The molecule has 132 valence electrons. The average molecular weight is 343 g/mol. The molecule has 3 rings (SSSR count). The van der Waals surface area contributed by atoms with Crippen molar-refractivity contribution < 1.29 is 19.2 Å². The smallest absolute Gasteiger partial charge is 0.262 e. The van der Waals surface area contributed by atoms with Gasteiger partial charge in [-0.05, 0) is 31.0 Å². The summed E-state index contributed by atoms with van der Waals surface area (Å²) in [4.78, 5) is 49.9. The van der Waals surface area contributed by atoms with Crippen molar-refractivity contribution >= 4 is 23.6 Å². The minimum Gasteiger partial charge on any atom is -0.313 e. The van der Waals surface area contributed by atoms with E-state index in [1.165, 1.54) is 0 Å². The van der Waals surface area contributed by atoms with Crippen molar-refractivity contribution in [3.05, 3.63) is 34.9 Å². The maximum Gasteiger partial charge on any atom is 0.262 e. The van der Waals surface area contributed by atoms with Crippen LogP contribution in [0.3, 0.4) is 0 Å². The van der Waals surface area contributed by atoms with Crippen LogP contribution in [-0.2, 0) is 16.1 Å². The normalized spacial score (nSPS) is 20.0. The molecule has 1 aromatic carbocycles. The molecule has 0 aromatic heterocycles. The molecule has 2 N–H and O–H groups in total. The number of unbranched alkanes of at least 4 members (excludes halogenated alkanes) is 1. The van der Waals surface area contributed by atoms with Crippen LogP contribution >= 0.6 is 0 Å². The van der Waals surface area contributed by atoms with Crippen LogP contribution in [0.25, 0.3) is 0 Å². The minimum absolute atomic E-state index is 0.120. The predicted octanol–water partition coefficient (Wildman–Crippen LogP) is 0.977. The lowest BCUT2D eigenvalue weighted by Crippen LogP contribution is -2.54. The van der Waals surface area contributed by atoms with E-state index in [-0.39, 0.29) is 18.7 Å². The van der Waals surface area contributed by atoms with E-state index in [0.29, 0.717) is 17.7 Å². The molecule has 7 nitrogen and oxygen atoms in total. The lowest BCUT2D eigenvalue weighted by molar-refractivity contribution is -0.136. The van der Waals surface area contributed by atoms with Crippen LogP contribution in [-0.4, -0.2) is 41.1 Å². The summed E-state index contributed by atoms with van der Waals surface area (Å²) >= 11 is 0. The molecule has 1 fully saturated rings. The molecule has 0 saturated carbocycles. The Morgan fingerprint density at radius 3 is 2.72 bits per heavy atom. The summed E-state index contributed by atoms with van der Waals surface area (Å²) in [5.41, 5.74) is 1.44. The number of carbonyl (C=O) groups is 4. The topological polar surface area (TPSA) is 95.6 Å². The van der Waals surface area contributed by atoms with Crippen LogP contribution in [0.2, 0.25) is 0 Å². The number of imide groups is 2. The second-order valence-corrected chi connectivity index (χ2v) is 6.32. The van der Waals surface area contributed by atoms with Crippen LogP contribution in [0.15, 0.2) is 18.2 Å². The van der Waals surface area contributed by atoms with Crippen LogP contribution in [0.1, 0.15) is 58.9 Å². The molecule has 25 heavy (non-hydrogen) atoms. The maximum atomic E-state index is 12.9. The van der Waals surface area contributed by atoms with Crippen molar-refractivity contribution in [3.8, 4) is 0 Å². The average Bonchev–Trinajstić information content (AvgIpc) is 2.84. The van der Waals surface area contributed by atoms with Gasteiger partial charge in [-0.1, -0.05) is 25.5 Å². The molecular weight excluding hydrogens is 322 g/mol. The zero-order valence-electron chi connectivity index (χ0n) is 14.1. The predicted molar refractivity (Wildman–Crippen MR) is 89.7 cm³/mol. The molecule has 2 aliphatic heterocycles. The van der Waals surface area contributed by atoms with Gasteiger partial charge in [0, 0.05) is 13.0 Å². The van der Waals surface area contributed by atoms with Gasteiger partial charge in [0.1, 0.15) is 6.04 Å². The summed E-state index contributed by atoms with van der Waals surface area (Å²) in [7, 11) is 0. The summed E-state index contributed by atoms with van der Waals surface area (Å²) < 4.78 is 0. The van der Waals surface area contributed by atoms with Crippen molar-refractivity contribution in [2.24, 2.45) is 0 Å². The maximum absolute atomic E-state index is 12.9. The molecule has 0 spiro atoms. The summed E-state index contributed by atoms with van der Waals surface area (Å²) in [6, 6.07) is 4.24. The number of hydrogen-bond acceptors (Lipinski definition) is 5. The number of rotatable bonds is 6. The van der Waals surface area contributed by atoms with Gasteiger partial charge >= 0.3 is 0 Å². The van der Waals surface area contributed by atoms with Crippen molar-refractivity contribution in [1.29, 1.82) is 0 Å². The second-order valence-electron chi connectivity index (χ2n) is 6.32. The van der Waals surface area contributed by atoms with Gasteiger partial charge in [-0.3, -0.25) is 29.4 Å². The summed E-state index contributed by atoms with van der Waals surface area (Å²) in [5, 5.41) is 5.47. The van der Waals surface area contributed by atoms with Crippen molar-refractivity contribution in [1.82, 2.24) is 15.5 Å². The molecule has 0 aliphatic carbocycles. The van der Waals surface area contributed by atoms with Crippen molar-refractivity contribution in [3.63, 3.8) is 0 Å². The highest BCUT2D eigenvalue weighted by Crippen LogP contribution is 2.29. The molecule has 2 heterocycles. The first-order valence-electron chi connectivity index (χ1n) is 8.58. The SMILES string of the molecule is CCCCNCc1cccc2c1C(=O)N(C1CCC(=O)NC1=O)C2=O. The first-order valence-corrected chi connectivity index (χ1v) is 8.58. The molecule has 1 unspecified atom stereocenters. The lowest BCUT2D eigenvalue weighted by atomic mass is 10.0. The van der Waals surface area contributed by atoms with E-state index in [2.05, 4.69) is 17.6 Å². The Morgan fingerprint density at radius 2 is 2.00 bits per heavy atom. The largest absolute Gasteiger partial charge is 0.313 e. The third-order valence-corrected chi connectivity index (χ3v) is 4.58. The van der Waals surface area contributed by atoms with Gasteiger partial charge in [-0.2, -0.15) is 0 Å². The first-order chi connectivity index (χ1) is 12.0. The lowest BCUT2D eigenvalue weighted by Gasteiger charge is -2.27. The van der Waals surface area contributed by atoms with Gasteiger partial charge in [-0.15, -0.1) is 0 Å². The molecular formula is C18H21N3O4. The molecule has 1 saturated heterocycles. The number of nitrogens with one attached hydrogen (secondary N) is 2. The number of nitrogens with zero attached hydrogens (tertiary/aromatic N) is 1. The highest BCUT2D eigenvalue weighted by atomic mass is 16.2.